The Morgan fingerprint density at radius 3 is 2.30 bits per heavy atom. The minimum absolute atomic E-state index is 0.0558. The Kier molecular flexibility index (Phi) is 8.67. The fourth-order valence-electron chi connectivity index (χ4n) is 2.50. The predicted molar refractivity (Wildman–Crippen MR) is 110 cm³/mol. The highest BCUT2D eigenvalue weighted by atomic mass is 16.5. The van der Waals surface area contributed by atoms with Crippen LogP contribution in [0.4, 0.5) is 0 Å². The van der Waals surface area contributed by atoms with Crippen molar-refractivity contribution in [2.75, 3.05) is 20.3 Å². The Hall–Kier alpha value is -2.59. The van der Waals surface area contributed by atoms with Gasteiger partial charge < -0.3 is 14.8 Å². The Morgan fingerprint density at radius 1 is 1.00 bits per heavy atom. The van der Waals surface area contributed by atoms with Crippen LogP contribution in [0.15, 0.2) is 18.5 Å². The Labute approximate surface area is 177 Å². The number of amides is 1. The molecule has 30 heavy (non-hydrogen) atoms. The maximum absolute atomic E-state index is 12.2. The lowest BCUT2D eigenvalue weighted by Gasteiger charge is -2.28. The molecule has 2 aromatic rings. The van der Waals surface area contributed by atoms with Gasteiger partial charge in [-0.2, -0.15) is 0 Å². The number of aromatic nitrogens is 6. The first-order valence-corrected chi connectivity index (χ1v) is 10.0. The van der Waals surface area contributed by atoms with Gasteiger partial charge in [-0.15, -0.1) is 20.4 Å². The van der Waals surface area contributed by atoms with Crippen LogP contribution < -0.4 is 5.32 Å². The van der Waals surface area contributed by atoms with E-state index in [1.165, 1.54) is 0 Å². The van der Waals surface area contributed by atoms with Crippen LogP contribution in [0, 0.1) is 0 Å². The molecule has 2 rings (SSSR count). The van der Waals surface area contributed by atoms with Gasteiger partial charge in [0.1, 0.15) is 0 Å². The van der Waals surface area contributed by atoms with Gasteiger partial charge in [0.05, 0.1) is 24.2 Å². The van der Waals surface area contributed by atoms with Crippen molar-refractivity contribution in [2.24, 2.45) is 0 Å². The summed E-state index contributed by atoms with van der Waals surface area (Å²) in [6, 6.07) is 1.71. The van der Waals surface area contributed by atoms with E-state index in [0.29, 0.717) is 37.6 Å². The van der Waals surface area contributed by atoms with E-state index in [9.17, 15) is 4.79 Å². The zero-order valence-corrected chi connectivity index (χ0v) is 18.4. The summed E-state index contributed by atoms with van der Waals surface area (Å²) in [4.78, 5) is 20.3. The molecule has 0 aromatic carbocycles. The van der Waals surface area contributed by atoms with Gasteiger partial charge in [0.15, 0.2) is 5.82 Å². The van der Waals surface area contributed by atoms with E-state index in [4.69, 9.17) is 9.47 Å². The molecule has 0 fully saturated rings. The van der Waals surface area contributed by atoms with Crippen molar-refractivity contribution in [2.45, 2.75) is 64.6 Å². The zero-order chi connectivity index (χ0) is 22.0. The number of nitrogens with zero attached hydrogens (tertiary/aromatic N) is 6. The normalized spacial score (nSPS) is 12.0. The largest absolute Gasteiger partial charge is 0.379 e. The van der Waals surface area contributed by atoms with E-state index in [1.807, 2.05) is 27.7 Å². The third-order valence-corrected chi connectivity index (χ3v) is 4.52. The van der Waals surface area contributed by atoms with Crippen LogP contribution in [0.25, 0.3) is 11.6 Å². The summed E-state index contributed by atoms with van der Waals surface area (Å²) in [5, 5.41) is 19.0. The molecule has 10 heteroatoms. The van der Waals surface area contributed by atoms with E-state index in [2.05, 4.69) is 35.7 Å². The van der Waals surface area contributed by atoms with Crippen LogP contribution in [-0.4, -0.2) is 67.7 Å². The number of aryl methyl sites for hydroxylation is 1. The second kappa shape index (κ2) is 11.0. The van der Waals surface area contributed by atoms with Crippen molar-refractivity contribution in [3.8, 4) is 11.6 Å². The standard InChI is InChI=1S/C20H31N7O3/c1-19(2,29-5)9-13-30-20(3,4)14-16(28)21-10-6-8-15-24-26-18(27-25-15)17-22-11-7-12-23-17/h7,11-12H,6,8-10,13-14H2,1-5H3,(H,21,28). The molecule has 164 valence electrons. The number of hydrogen-bond donors (Lipinski definition) is 1. The smallest absolute Gasteiger partial charge is 0.240 e. The number of carbonyl (C=O) groups is 1. The predicted octanol–water partition coefficient (Wildman–Crippen LogP) is 1.77. The van der Waals surface area contributed by atoms with Gasteiger partial charge in [-0.25, -0.2) is 9.97 Å². The van der Waals surface area contributed by atoms with Crippen molar-refractivity contribution in [3.05, 3.63) is 24.3 Å². The third-order valence-electron chi connectivity index (χ3n) is 4.52. The average Bonchev–Trinajstić information content (AvgIpc) is 2.71. The molecular weight excluding hydrogens is 386 g/mol. The molecule has 0 aliphatic rings. The molecular formula is C20H31N7O3. The highest BCUT2D eigenvalue weighted by Gasteiger charge is 2.24. The second-order valence-electron chi connectivity index (χ2n) is 8.16. The summed E-state index contributed by atoms with van der Waals surface area (Å²) in [6.45, 7) is 8.88. The molecule has 0 aliphatic carbocycles. The summed E-state index contributed by atoms with van der Waals surface area (Å²) in [7, 11) is 1.68. The van der Waals surface area contributed by atoms with Crippen molar-refractivity contribution in [1.82, 2.24) is 35.7 Å². The summed E-state index contributed by atoms with van der Waals surface area (Å²) < 4.78 is 11.3. The zero-order valence-electron chi connectivity index (χ0n) is 18.4. The molecule has 2 aromatic heterocycles. The lowest BCUT2D eigenvalue weighted by atomic mass is 10.0. The highest BCUT2D eigenvalue weighted by molar-refractivity contribution is 5.76. The van der Waals surface area contributed by atoms with Crippen molar-refractivity contribution in [1.29, 1.82) is 0 Å². The maximum atomic E-state index is 12.2. The summed E-state index contributed by atoms with van der Waals surface area (Å²) >= 11 is 0. The maximum Gasteiger partial charge on any atom is 0.240 e. The number of ether oxygens (including phenoxy) is 2. The van der Waals surface area contributed by atoms with Crippen molar-refractivity contribution >= 4 is 5.91 Å². The molecule has 0 saturated carbocycles. The lowest BCUT2D eigenvalue weighted by molar-refractivity contribution is -0.128. The molecule has 0 bridgehead atoms. The van der Waals surface area contributed by atoms with E-state index in [-0.39, 0.29) is 23.8 Å². The van der Waals surface area contributed by atoms with Crippen LogP contribution in [0.5, 0.6) is 0 Å². The highest BCUT2D eigenvalue weighted by Crippen LogP contribution is 2.18. The molecule has 0 atom stereocenters. The van der Waals surface area contributed by atoms with Gasteiger partial charge in [-0.05, 0) is 46.6 Å². The van der Waals surface area contributed by atoms with Gasteiger partial charge in [0, 0.05) is 32.5 Å². The topological polar surface area (TPSA) is 125 Å². The van der Waals surface area contributed by atoms with Crippen LogP contribution in [0.3, 0.4) is 0 Å². The Balaban J connectivity index is 1.66. The van der Waals surface area contributed by atoms with Gasteiger partial charge in [-0.3, -0.25) is 4.79 Å². The molecule has 2 heterocycles. The fraction of sp³-hybridized carbons (Fsp3) is 0.650. The molecule has 0 unspecified atom stereocenters. The quantitative estimate of drug-likeness (QED) is 0.514. The summed E-state index contributed by atoms with van der Waals surface area (Å²) in [5.41, 5.74) is -0.781. The van der Waals surface area contributed by atoms with E-state index >= 15 is 0 Å². The van der Waals surface area contributed by atoms with Gasteiger partial charge >= 0.3 is 0 Å². The molecule has 0 saturated heterocycles. The van der Waals surface area contributed by atoms with Crippen LogP contribution in [-0.2, 0) is 20.7 Å². The molecule has 0 aliphatic heterocycles. The summed E-state index contributed by atoms with van der Waals surface area (Å²) in [5.74, 6) is 1.11. The number of methoxy groups -OCH3 is 1. The number of carbonyl (C=O) groups excluding carboxylic acids is 1. The number of nitrogens with one attached hydrogen (secondary N) is 1. The van der Waals surface area contributed by atoms with Gasteiger partial charge in [0.2, 0.25) is 17.6 Å². The van der Waals surface area contributed by atoms with Crippen LogP contribution in [0.1, 0.15) is 52.8 Å². The van der Waals surface area contributed by atoms with E-state index in [1.54, 1.807) is 25.6 Å². The first-order chi connectivity index (χ1) is 14.2. The van der Waals surface area contributed by atoms with Gasteiger partial charge in [-0.1, -0.05) is 0 Å². The first-order valence-electron chi connectivity index (χ1n) is 10.0. The monoisotopic (exact) mass is 417 g/mol. The second-order valence-corrected chi connectivity index (χ2v) is 8.16. The minimum atomic E-state index is -0.541. The molecule has 10 nitrogen and oxygen atoms in total. The Morgan fingerprint density at radius 2 is 1.67 bits per heavy atom. The molecule has 1 N–H and O–H groups in total. The molecule has 0 spiro atoms. The van der Waals surface area contributed by atoms with Gasteiger partial charge in [0.25, 0.3) is 0 Å². The Bertz CT molecular complexity index is 783. The van der Waals surface area contributed by atoms with Crippen molar-refractivity contribution in [3.63, 3.8) is 0 Å². The summed E-state index contributed by atoms with van der Waals surface area (Å²) in [6.07, 6.45) is 5.49. The third kappa shape index (κ3) is 8.42. The fourth-order valence-corrected chi connectivity index (χ4v) is 2.50. The minimum Gasteiger partial charge on any atom is -0.379 e. The molecule has 1 amide bonds. The average molecular weight is 418 g/mol. The van der Waals surface area contributed by atoms with Crippen LogP contribution in [0.2, 0.25) is 0 Å². The number of rotatable bonds is 12. The van der Waals surface area contributed by atoms with E-state index in [0.717, 1.165) is 6.42 Å². The number of hydrogen-bond acceptors (Lipinski definition) is 9. The van der Waals surface area contributed by atoms with Crippen LogP contribution >= 0.6 is 0 Å². The molecule has 0 radical (unpaired) electrons. The lowest BCUT2D eigenvalue weighted by Crippen LogP contribution is -2.36. The SMILES string of the molecule is COC(C)(C)CCOC(C)(C)CC(=O)NCCCc1nnc(-c2ncccn2)nn1. The van der Waals surface area contributed by atoms with Crippen molar-refractivity contribution < 1.29 is 14.3 Å². The first kappa shape index (κ1) is 23.7. The van der Waals surface area contributed by atoms with E-state index < -0.39 is 5.60 Å².